The third-order valence-corrected chi connectivity index (χ3v) is 53.7. The molecule has 0 atom stereocenters. The van der Waals surface area contributed by atoms with Crippen molar-refractivity contribution in [2.45, 2.75) is 0 Å². The fourth-order valence-electron chi connectivity index (χ4n) is 5.62. The van der Waals surface area contributed by atoms with E-state index in [2.05, 4.69) is 190 Å². The number of benzene rings is 6. The zero-order valence-corrected chi connectivity index (χ0v) is 26.7. The first-order valence-corrected chi connectivity index (χ1v) is 25.6. The second-order valence-electron chi connectivity index (χ2n) is 9.66. The van der Waals surface area contributed by atoms with Crippen LogP contribution in [0.25, 0.3) is 0 Å². The Balaban J connectivity index is 1.76. The Hall–Kier alpha value is -3.24. The zero-order chi connectivity index (χ0) is 26.4. The fourth-order valence-corrected chi connectivity index (χ4v) is 69.0. The normalized spacial score (nSPS) is 11.7. The van der Waals surface area contributed by atoms with Crippen molar-refractivity contribution in [3.8, 4) is 0 Å². The van der Waals surface area contributed by atoms with Crippen molar-refractivity contribution in [3.63, 3.8) is 0 Å². The van der Waals surface area contributed by atoms with Gasteiger partial charge in [-0.05, 0) is 0 Å². The third kappa shape index (κ3) is 4.95. The molecular weight excluding hydrogens is 610 g/mol. The molecule has 0 heterocycles. The van der Waals surface area contributed by atoms with Gasteiger partial charge < -0.3 is 0 Å². The molecule has 188 valence electrons. The van der Waals surface area contributed by atoms with Crippen LogP contribution in [0.2, 0.25) is 0 Å². The molecule has 0 aliphatic carbocycles. The van der Waals surface area contributed by atoms with Gasteiger partial charge in [0.05, 0.1) is 0 Å². The van der Waals surface area contributed by atoms with Gasteiger partial charge in [-0.15, -0.1) is 0 Å². The van der Waals surface area contributed by atoms with Crippen molar-refractivity contribution < 1.29 is 0 Å². The molecule has 0 aliphatic rings. The van der Waals surface area contributed by atoms with Gasteiger partial charge in [0.1, 0.15) is 0 Å². The summed E-state index contributed by atoms with van der Waals surface area (Å²) in [4.78, 5) is 0. The van der Waals surface area contributed by atoms with Crippen LogP contribution in [0.15, 0.2) is 182 Å². The van der Waals surface area contributed by atoms with Gasteiger partial charge in [-0.3, -0.25) is 0 Å². The van der Waals surface area contributed by atoms with Crippen LogP contribution in [-0.4, -0.2) is 24.2 Å². The van der Waals surface area contributed by atoms with Crippen LogP contribution in [-0.2, 0) is 0 Å². The van der Waals surface area contributed by atoms with Gasteiger partial charge in [-0.2, -0.15) is 0 Å². The first-order chi connectivity index (χ1) is 19.3. The predicted molar refractivity (Wildman–Crippen MR) is 176 cm³/mol. The quantitative estimate of drug-likeness (QED) is 0.210. The molecule has 0 radical (unpaired) electrons. The molecule has 0 spiro atoms. The molecular formula is C36H30Ge2S. The van der Waals surface area contributed by atoms with Crippen LogP contribution in [0, 0.1) is 0 Å². The number of hydrogen-bond donors (Lipinski definition) is 0. The van der Waals surface area contributed by atoms with Crippen molar-refractivity contribution in [3.05, 3.63) is 182 Å². The van der Waals surface area contributed by atoms with E-state index in [0.717, 1.165) is 0 Å². The fraction of sp³-hybridized carbons (Fsp3) is 0. The van der Waals surface area contributed by atoms with E-state index < -0.39 is 24.2 Å². The third-order valence-electron chi connectivity index (χ3n) is 7.39. The first-order valence-electron chi connectivity index (χ1n) is 13.4. The molecule has 6 aromatic rings. The van der Waals surface area contributed by atoms with E-state index in [1.54, 1.807) is 0 Å². The average Bonchev–Trinajstić information content (AvgIpc) is 3.04. The SMILES string of the molecule is c1cc[c]([Ge]([S][Ge]([c]2ccccc2)([c]2ccccc2)[c]2ccccc2)([c]2ccccc2)[c]2ccccc2)cc1. The van der Waals surface area contributed by atoms with Crippen LogP contribution in [0.1, 0.15) is 0 Å². The van der Waals surface area contributed by atoms with E-state index in [9.17, 15) is 0 Å². The number of hydrogen-bond acceptors (Lipinski definition) is 1. The summed E-state index contributed by atoms with van der Waals surface area (Å²) in [5.41, 5.74) is 0. The zero-order valence-electron chi connectivity index (χ0n) is 21.7. The molecule has 0 aliphatic heterocycles. The first kappa shape index (κ1) is 26.0. The second kappa shape index (κ2) is 11.9. The molecule has 0 nitrogen and oxygen atoms in total. The Kier molecular flexibility index (Phi) is 7.92. The summed E-state index contributed by atoms with van der Waals surface area (Å²) in [5, 5.41) is 0. The van der Waals surface area contributed by atoms with E-state index >= 15 is 0 Å². The molecule has 6 rings (SSSR count). The summed E-state index contributed by atoms with van der Waals surface area (Å²) in [7, 11) is 2.38. The van der Waals surface area contributed by atoms with Crippen LogP contribution in [0.3, 0.4) is 0 Å². The van der Waals surface area contributed by atoms with E-state index in [1.807, 2.05) is 0 Å². The molecule has 0 N–H and O–H groups in total. The molecule has 39 heavy (non-hydrogen) atoms. The van der Waals surface area contributed by atoms with E-state index in [0.29, 0.717) is 0 Å². The van der Waals surface area contributed by atoms with Crippen molar-refractivity contribution in [2.24, 2.45) is 0 Å². The van der Waals surface area contributed by atoms with Gasteiger partial charge in [0.25, 0.3) is 0 Å². The molecule has 3 heteroatoms. The summed E-state index contributed by atoms with van der Waals surface area (Å²) in [6.07, 6.45) is 0. The molecule has 6 aromatic carbocycles. The van der Waals surface area contributed by atoms with Crippen molar-refractivity contribution in [1.29, 1.82) is 0 Å². The van der Waals surface area contributed by atoms with Gasteiger partial charge in [0.15, 0.2) is 0 Å². The molecule has 0 unspecified atom stereocenters. The van der Waals surface area contributed by atoms with E-state index in [1.165, 1.54) is 26.4 Å². The second-order valence-corrected chi connectivity index (χ2v) is 37.2. The van der Waals surface area contributed by atoms with Crippen LogP contribution >= 0.6 is 8.41 Å². The predicted octanol–water partition coefficient (Wildman–Crippen LogP) is 5.05. The Morgan fingerprint density at radius 2 is 0.385 bits per heavy atom. The molecule has 0 bridgehead atoms. The van der Waals surface area contributed by atoms with E-state index in [-0.39, 0.29) is 0 Å². The summed E-state index contributed by atoms with van der Waals surface area (Å²) >= 11 is -6.74. The maximum atomic E-state index is 2.39. The molecule has 0 saturated heterocycles. The molecule has 0 aromatic heterocycles. The summed E-state index contributed by atoms with van der Waals surface area (Å²) in [5.74, 6) is 0. The van der Waals surface area contributed by atoms with Gasteiger partial charge in [0.2, 0.25) is 0 Å². The minimum absolute atomic E-state index is 1.48. The molecule has 0 saturated carbocycles. The Morgan fingerprint density at radius 1 is 0.231 bits per heavy atom. The number of rotatable bonds is 8. The van der Waals surface area contributed by atoms with Crippen LogP contribution < -0.4 is 26.4 Å². The summed E-state index contributed by atoms with van der Waals surface area (Å²) in [6, 6.07) is 68.3. The monoisotopic (exact) mass is 642 g/mol. The average molecular weight is 640 g/mol. The van der Waals surface area contributed by atoms with Crippen molar-refractivity contribution >= 4 is 59.0 Å². The Morgan fingerprint density at radius 3 is 0.538 bits per heavy atom. The maximum absolute atomic E-state index is 3.37. The van der Waals surface area contributed by atoms with Gasteiger partial charge in [-0.1, -0.05) is 0 Å². The van der Waals surface area contributed by atoms with E-state index in [4.69, 9.17) is 0 Å². The van der Waals surface area contributed by atoms with Gasteiger partial charge >= 0.3 is 241 Å². The van der Waals surface area contributed by atoms with Gasteiger partial charge in [0, 0.05) is 0 Å². The summed E-state index contributed by atoms with van der Waals surface area (Å²) in [6.45, 7) is 0. The minimum atomic E-state index is -3.37. The van der Waals surface area contributed by atoms with Crippen LogP contribution in [0.5, 0.6) is 0 Å². The Bertz CT molecular complexity index is 1270. The van der Waals surface area contributed by atoms with Crippen molar-refractivity contribution in [1.82, 2.24) is 0 Å². The molecule has 0 amide bonds. The standard InChI is InChI=1S/C36H30Ge2S/c1-7-19-31(20-8-1)37(32-21-9-2-10-22-32,33-23-11-3-12-24-33)39-38(34-25-13-4-14-26-34,35-27-15-5-16-28-35)36-29-17-6-18-30-36/h1-30H. The summed E-state index contributed by atoms with van der Waals surface area (Å²) < 4.78 is 8.90. The molecule has 0 fully saturated rings. The topological polar surface area (TPSA) is 0 Å². The van der Waals surface area contributed by atoms with Gasteiger partial charge in [-0.25, -0.2) is 0 Å². The Labute approximate surface area is 239 Å². The van der Waals surface area contributed by atoms with Crippen molar-refractivity contribution in [2.75, 3.05) is 0 Å². The van der Waals surface area contributed by atoms with Crippen LogP contribution in [0.4, 0.5) is 0 Å².